The Morgan fingerprint density at radius 2 is 1.15 bits per heavy atom. The van der Waals surface area contributed by atoms with Gasteiger partial charge in [-0.3, -0.25) is 0 Å². The molecule has 6 aliphatic carbocycles. The van der Waals surface area contributed by atoms with Gasteiger partial charge in [0, 0.05) is 22.5 Å². The minimum Gasteiger partial charge on any atom is -0.310 e. The first kappa shape index (κ1) is 30.2. The first-order valence-corrected chi connectivity index (χ1v) is 19.5. The molecule has 6 aromatic rings. The van der Waals surface area contributed by atoms with Gasteiger partial charge >= 0.3 is 0 Å². The quantitative estimate of drug-likeness (QED) is 0.177. The molecule has 1 spiro atoms. The van der Waals surface area contributed by atoms with Gasteiger partial charge in [0.1, 0.15) is 0 Å². The van der Waals surface area contributed by atoms with E-state index in [0.29, 0.717) is 0 Å². The number of rotatable bonds is 5. The smallest absolute Gasteiger partial charge is 0.0468 e. The molecule has 1 heteroatoms. The minimum absolute atomic E-state index is 0.182. The van der Waals surface area contributed by atoms with E-state index in [1.54, 1.807) is 11.1 Å². The predicted molar refractivity (Wildman–Crippen MR) is 218 cm³/mol. The standard InChI is InChI=1S/C51H43N/c1-3-10-36(11-4-1)37-18-22-42(23-19-37)52(43-24-20-39(21-25-43)46-16-9-13-38-12-7-8-14-45(38)46)44-26-27-50-48(33-44)47-15-5-2-6-17-49(47)51(50)40-29-34-28-35(31-40)32-41(51)30-34/h1-5,7-27,33-35,40-41H,6,28-32H2. The zero-order valence-corrected chi connectivity index (χ0v) is 29.6. The Labute approximate surface area is 307 Å². The van der Waals surface area contributed by atoms with Crippen LogP contribution in [0.4, 0.5) is 17.1 Å². The highest BCUT2D eigenvalue weighted by molar-refractivity contribution is 5.97. The summed E-state index contributed by atoms with van der Waals surface area (Å²) in [6.07, 6.45) is 17.9. The molecule has 0 aromatic heterocycles. The summed E-state index contributed by atoms with van der Waals surface area (Å²) in [5, 5.41) is 2.56. The van der Waals surface area contributed by atoms with Gasteiger partial charge in [-0.2, -0.15) is 0 Å². The number of benzene rings is 6. The third kappa shape index (κ3) is 4.54. The van der Waals surface area contributed by atoms with Gasteiger partial charge in [0.05, 0.1) is 0 Å². The molecule has 0 atom stereocenters. The number of allylic oxidation sites excluding steroid dienone is 6. The van der Waals surface area contributed by atoms with Crippen LogP contribution in [-0.4, -0.2) is 0 Å². The Hall–Kier alpha value is -5.40. The van der Waals surface area contributed by atoms with Crippen LogP contribution in [0.1, 0.15) is 49.7 Å². The lowest BCUT2D eigenvalue weighted by Crippen LogP contribution is -2.55. The first-order valence-electron chi connectivity index (χ1n) is 19.5. The summed E-state index contributed by atoms with van der Waals surface area (Å²) in [7, 11) is 0. The van der Waals surface area contributed by atoms with Crippen molar-refractivity contribution >= 4 is 33.4 Å². The van der Waals surface area contributed by atoms with Crippen LogP contribution < -0.4 is 4.90 Å². The van der Waals surface area contributed by atoms with Crippen molar-refractivity contribution in [1.82, 2.24) is 0 Å². The van der Waals surface area contributed by atoms with Crippen LogP contribution in [0.2, 0.25) is 0 Å². The molecule has 0 unspecified atom stereocenters. The number of nitrogens with zero attached hydrogens (tertiary/aromatic N) is 1. The fourth-order valence-electron chi connectivity index (χ4n) is 11.6. The molecule has 4 saturated carbocycles. The van der Waals surface area contributed by atoms with Crippen LogP contribution in [0.15, 0.2) is 169 Å². The molecule has 0 amide bonds. The zero-order chi connectivity index (χ0) is 34.2. The van der Waals surface area contributed by atoms with Crippen molar-refractivity contribution < 1.29 is 0 Å². The molecule has 4 bridgehead atoms. The van der Waals surface area contributed by atoms with Gasteiger partial charge in [0.15, 0.2) is 0 Å². The summed E-state index contributed by atoms with van der Waals surface area (Å²) in [6, 6.07) is 52.0. The van der Waals surface area contributed by atoms with E-state index >= 15 is 0 Å². The minimum atomic E-state index is 0.182. The summed E-state index contributed by atoms with van der Waals surface area (Å²) in [5.74, 6) is 3.43. The van der Waals surface area contributed by atoms with E-state index in [1.165, 1.54) is 93.3 Å². The van der Waals surface area contributed by atoms with Crippen LogP contribution in [0.5, 0.6) is 0 Å². The molecule has 4 fully saturated rings. The second-order valence-corrected chi connectivity index (χ2v) is 16.1. The molecule has 0 aliphatic heterocycles. The van der Waals surface area contributed by atoms with Crippen LogP contribution in [0.25, 0.3) is 38.6 Å². The highest BCUT2D eigenvalue weighted by Gasteiger charge is 2.62. The van der Waals surface area contributed by atoms with Crippen molar-refractivity contribution in [2.45, 2.75) is 43.9 Å². The molecule has 0 N–H and O–H groups in total. The lowest BCUT2D eigenvalue weighted by Gasteiger charge is -2.61. The molecular weight excluding hydrogens is 627 g/mol. The van der Waals surface area contributed by atoms with E-state index in [1.807, 2.05) is 0 Å². The van der Waals surface area contributed by atoms with E-state index in [2.05, 4.69) is 169 Å². The molecule has 12 rings (SSSR count). The maximum Gasteiger partial charge on any atom is 0.0468 e. The van der Waals surface area contributed by atoms with Crippen LogP contribution in [0, 0.1) is 23.7 Å². The molecule has 52 heavy (non-hydrogen) atoms. The monoisotopic (exact) mass is 669 g/mol. The summed E-state index contributed by atoms with van der Waals surface area (Å²) in [6.45, 7) is 0. The van der Waals surface area contributed by atoms with Crippen molar-refractivity contribution in [3.8, 4) is 22.3 Å². The first-order chi connectivity index (χ1) is 25.7. The van der Waals surface area contributed by atoms with Crippen molar-refractivity contribution in [2.75, 3.05) is 4.90 Å². The Morgan fingerprint density at radius 3 is 1.90 bits per heavy atom. The van der Waals surface area contributed by atoms with E-state index in [4.69, 9.17) is 0 Å². The summed E-state index contributed by atoms with van der Waals surface area (Å²) in [5.41, 5.74) is 14.9. The van der Waals surface area contributed by atoms with Crippen molar-refractivity contribution in [3.63, 3.8) is 0 Å². The topological polar surface area (TPSA) is 3.24 Å². The van der Waals surface area contributed by atoms with Crippen molar-refractivity contribution in [2.24, 2.45) is 23.7 Å². The highest BCUT2D eigenvalue weighted by Crippen LogP contribution is 2.70. The molecule has 0 saturated heterocycles. The molecule has 0 radical (unpaired) electrons. The van der Waals surface area contributed by atoms with Gasteiger partial charge in [-0.25, -0.2) is 0 Å². The molecule has 6 aromatic carbocycles. The second-order valence-electron chi connectivity index (χ2n) is 16.1. The fourth-order valence-corrected chi connectivity index (χ4v) is 11.6. The third-order valence-corrected chi connectivity index (χ3v) is 13.5. The summed E-state index contributed by atoms with van der Waals surface area (Å²) >= 11 is 0. The highest BCUT2D eigenvalue weighted by atomic mass is 15.1. The van der Waals surface area contributed by atoms with E-state index in [-0.39, 0.29) is 5.41 Å². The number of anilines is 3. The molecular formula is C51H43N. The van der Waals surface area contributed by atoms with Crippen molar-refractivity contribution in [3.05, 3.63) is 181 Å². The maximum absolute atomic E-state index is 2.61. The average Bonchev–Trinajstić information content (AvgIpc) is 3.29. The largest absolute Gasteiger partial charge is 0.310 e. The normalized spacial score (nSPS) is 25.1. The molecule has 6 aliphatic rings. The average molecular weight is 670 g/mol. The van der Waals surface area contributed by atoms with Crippen LogP contribution >= 0.6 is 0 Å². The Morgan fingerprint density at radius 1 is 0.519 bits per heavy atom. The van der Waals surface area contributed by atoms with E-state index in [9.17, 15) is 0 Å². The Kier molecular flexibility index (Phi) is 6.88. The number of fused-ring (bicyclic) bond motifs is 4. The van der Waals surface area contributed by atoms with E-state index in [0.717, 1.165) is 30.1 Å². The molecule has 1 nitrogen and oxygen atoms in total. The van der Waals surface area contributed by atoms with Crippen LogP contribution in [0.3, 0.4) is 0 Å². The predicted octanol–water partition coefficient (Wildman–Crippen LogP) is 13.6. The lowest BCUT2D eigenvalue weighted by molar-refractivity contribution is -0.0400. The van der Waals surface area contributed by atoms with E-state index < -0.39 is 0 Å². The van der Waals surface area contributed by atoms with Crippen molar-refractivity contribution in [1.29, 1.82) is 0 Å². The second kappa shape index (κ2) is 11.8. The number of hydrogen-bond donors (Lipinski definition) is 0. The Balaban J connectivity index is 1.05. The van der Waals surface area contributed by atoms with Gasteiger partial charge < -0.3 is 4.90 Å². The van der Waals surface area contributed by atoms with Gasteiger partial charge in [-0.15, -0.1) is 0 Å². The molecule has 252 valence electrons. The summed E-state index contributed by atoms with van der Waals surface area (Å²) in [4.78, 5) is 2.47. The molecule has 0 heterocycles. The van der Waals surface area contributed by atoms with Gasteiger partial charge in [0.25, 0.3) is 0 Å². The van der Waals surface area contributed by atoms with Gasteiger partial charge in [-0.1, -0.05) is 127 Å². The third-order valence-electron chi connectivity index (χ3n) is 13.5. The van der Waals surface area contributed by atoms with Gasteiger partial charge in [-0.05, 0) is 154 Å². The van der Waals surface area contributed by atoms with Crippen LogP contribution in [-0.2, 0) is 5.41 Å². The maximum atomic E-state index is 2.61. The SMILES string of the molecule is C1=CCC=C2C(=C1)c1cc(N(c3ccc(-c4ccccc4)cc3)c3ccc(-c4cccc5ccccc45)cc3)ccc1C21C2CC3CC(C2)CC1C3. The Bertz CT molecular complexity index is 2390. The van der Waals surface area contributed by atoms with Gasteiger partial charge in [0.2, 0.25) is 0 Å². The zero-order valence-electron chi connectivity index (χ0n) is 29.6. The fraction of sp³-hybridized carbons (Fsp3) is 0.216. The lowest BCUT2D eigenvalue weighted by atomic mass is 9.43. The summed E-state index contributed by atoms with van der Waals surface area (Å²) < 4.78 is 0. The number of hydrogen-bond acceptors (Lipinski definition) is 1.